The summed E-state index contributed by atoms with van der Waals surface area (Å²) in [6.45, 7) is -0.0906. The van der Waals surface area contributed by atoms with Gasteiger partial charge in [0.25, 0.3) is 0 Å². The number of ether oxygens (including phenoxy) is 1. The summed E-state index contributed by atoms with van der Waals surface area (Å²) in [6.07, 6.45) is -1.17. The number of aliphatic hydroxyl groups is 1. The van der Waals surface area contributed by atoms with Gasteiger partial charge in [-0.1, -0.05) is 0 Å². The highest BCUT2D eigenvalue weighted by Gasteiger charge is 2.10. The fraction of sp³-hybridized carbons (Fsp3) is 0.750. The smallest absolute Gasteiger partial charge is 0.336 e. The second kappa shape index (κ2) is 3.40. The van der Waals surface area contributed by atoms with Crippen molar-refractivity contribution >= 4 is 5.97 Å². The number of methoxy groups -OCH3 is 1. The van der Waals surface area contributed by atoms with Gasteiger partial charge in [0.15, 0.2) is 6.10 Å². The Bertz CT molecular complexity index is 83.4. The molecule has 0 bridgehead atoms. The second-order valence-electron chi connectivity index (χ2n) is 1.27. The Morgan fingerprint density at radius 1 is 2.00 bits per heavy atom. The Morgan fingerprint density at radius 2 is 2.50 bits per heavy atom. The van der Waals surface area contributed by atoms with E-state index in [4.69, 9.17) is 10.8 Å². The van der Waals surface area contributed by atoms with Crippen LogP contribution in [0.4, 0.5) is 0 Å². The third-order valence-electron chi connectivity index (χ3n) is 0.697. The molecule has 1 atom stereocenters. The molecule has 0 heterocycles. The molecule has 0 aromatic heterocycles. The molecule has 0 aromatic rings. The summed E-state index contributed by atoms with van der Waals surface area (Å²) < 4.78 is 4.13. The van der Waals surface area contributed by atoms with E-state index in [9.17, 15) is 4.79 Å². The highest BCUT2D eigenvalue weighted by atomic mass is 16.5. The fourth-order valence-electron chi connectivity index (χ4n) is 0.232. The quantitative estimate of drug-likeness (QED) is 0.433. The minimum absolute atomic E-state index is 0.0906. The van der Waals surface area contributed by atoms with Crippen LogP contribution in [0.1, 0.15) is 0 Å². The summed E-state index contributed by atoms with van der Waals surface area (Å²) >= 11 is 0. The molecule has 0 rings (SSSR count). The molecule has 0 amide bonds. The first-order valence-corrected chi connectivity index (χ1v) is 2.18. The van der Waals surface area contributed by atoms with Crippen molar-refractivity contribution in [2.75, 3.05) is 13.7 Å². The zero-order valence-corrected chi connectivity index (χ0v) is 4.63. The molecule has 0 aliphatic rings. The number of carbonyl (C=O) groups excluding carboxylic acids is 1. The first kappa shape index (κ1) is 7.39. The van der Waals surface area contributed by atoms with Crippen molar-refractivity contribution in [3.8, 4) is 0 Å². The summed E-state index contributed by atoms with van der Waals surface area (Å²) in [5.74, 6) is -0.687. The lowest BCUT2D eigenvalue weighted by molar-refractivity contribution is -0.149. The third kappa shape index (κ3) is 1.90. The van der Waals surface area contributed by atoms with Crippen molar-refractivity contribution in [2.45, 2.75) is 6.10 Å². The number of esters is 1. The maximum atomic E-state index is 10.2. The minimum Gasteiger partial charge on any atom is -0.467 e. The molecule has 0 aliphatic carbocycles. The molecule has 0 unspecified atom stereocenters. The Labute approximate surface area is 47.2 Å². The Hall–Kier alpha value is -0.610. The van der Waals surface area contributed by atoms with Gasteiger partial charge in [0.05, 0.1) is 7.11 Å². The van der Waals surface area contributed by atoms with Gasteiger partial charge in [-0.3, -0.25) is 0 Å². The van der Waals surface area contributed by atoms with Crippen LogP contribution in [0.5, 0.6) is 0 Å². The molecule has 0 fully saturated rings. The zero-order chi connectivity index (χ0) is 6.57. The van der Waals surface area contributed by atoms with Crippen LogP contribution < -0.4 is 5.73 Å². The van der Waals surface area contributed by atoms with Gasteiger partial charge in [-0.2, -0.15) is 0 Å². The van der Waals surface area contributed by atoms with Crippen LogP contribution in [0.15, 0.2) is 0 Å². The second-order valence-corrected chi connectivity index (χ2v) is 1.27. The van der Waals surface area contributed by atoms with Crippen molar-refractivity contribution in [1.82, 2.24) is 0 Å². The van der Waals surface area contributed by atoms with Gasteiger partial charge < -0.3 is 15.6 Å². The molecule has 0 radical (unpaired) electrons. The maximum absolute atomic E-state index is 10.2. The SMILES string of the molecule is COC(=O)[C@@H](O)CN. The standard InChI is InChI=1S/C4H9NO3/c1-8-4(7)3(6)2-5/h3,6H,2,5H2,1H3/t3-/m0/s1. The Balaban J connectivity index is 3.46. The molecule has 0 aliphatic heterocycles. The number of hydrogen-bond acceptors (Lipinski definition) is 4. The van der Waals surface area contributed by atoms with Crippen LogP contribution in [-0.4, -0.2) is 30.8 Å². The van der Waals surface area contributed by atoms with E-state index >= 15 is 0 Å². The average molecular weight is 119 g/mol. The van der Waals surface area contributed by atoms with Crippen LogP contribution in [0, 0.1) is 0 Å². The van der Waals surface area contributed by atoms with Gasteiger partial charge in [-0.25, -0.2) is 4.79 Å². The molecule has 4 nitrogen and oxygen atoms in total. The van der Waals surface area contributed by atoms with E-state index in [1.807, 2.05) is 0 Å². The summed E-state index contributed by atoms with van der Waals surface area (Å²) in [5, 5.41) is 8.53. The number of nitrogens with two attached hydrogens (primary N) is 1. The first-order chi connectivity index (χ1) is 3.72. The molecular formula is C4H9NO3. The zero-order valence-electron chi connectivity index (χ0n) is 4.63. The van der Waals surface area contributed by atoms with Crippen LogP contribution in [0.3, 0.4) is 0 Å². The normalized spacial score (nSPS) is 12.9. The highest BCUT2D eigenvalue weighted by Crippen LogP contribution is 1.80. The van der Waals surface area contributed by atoms with Crippen LogP contribution in [-0.2, 0) is 9.53 Å². The predicted molar refractivity (Wildman–Crippen MR) is 27.1 cm³/mol. The number of rotatable bonds is 2. The third-order valence-corrected chi connectivity index (χ3v) is 0.697. The largest absolute Gasteiger partial charge is 0.467 e. The van der Waals surface area contributed by atoms with E-state index in [1.54, 1.807) is 0 Å². The lowest BCUT2D eigenvalue weighted by Gasteiger charge is -2.02. The van der Waals surface area contributed by atoms with Gasteiger partial charge in [0.1, 0.15) is 0 Å². The van der Waals surface area contributed by atoms with Gasteiger partial charge in [-0.05, 0) is 0 Å². The molecule has 48 valence electrons. The van der Waals surface area contributed by atoms with E-state index in [2.05, 4.69) is 4.74 Å². The summed E-state index contributed by atoms with van der Waals surface area (Å²) in [6, 6.07) is 0. The average Bonchev–Trinajstić information content (AvgIpc) is 1.84. The molecular weight excluding hydrogens is 110 g/mol. The first-order valence-electron chi connectivity index (χ1n) is 2.18. The van der Waals surface area contributed by atoms with Crippen molar-refractivity contribution in [3.63, 3.8) is 0 Å². The van der Waals surface area contributed by atoms with E-state index in [0.717, 1.165) is 0 Å². The molecule has 0 saturated carbocycles. The van der Waals surface area contributed by atoms with Crippen LogP contribution in [0.2, 0.25) is 0 Å². The predicted octanol–water partition coefficient (Wildman–Crippen LogP) is -1.52. The molecule has 4 heteroatoms. The van der Waals surface area contributed by atoms with Crippen molar-refractivity contribution in [1.29, 1.82) is 0 Å². The number of carbonyl (C=O) groups is 1. The van der Waals surface area contributed by atoms with E-state index in [0.29, 0.717) is 0 Å². The van der Waals surface area contributed by atoms with Gasteiger partial charge >= 0.3 is 5.97 Å². The maximum Gasteiger partial charge on any atom is 0.336 e. The van der Waals surface area contributed by atoms with Gasteiger partial charge in [0, 0.05) is 6.54 Å². The molecule has 0 spiro atoms. The van der Waals surface area contributed by atoms with Crippen molar-refractivity contribution in [3.05, 3.63) is 0 Å². The number of hydrogen-bond donors (Lipinski definition) is 2. The van der Waals surface area contributed by atoms with E-state index < -0.39 is 12.1 Å². The van der Waals surface area contributed by atoms with Crippen LogP contribution >= 0.6 is 0 Å². The van der Waals surface area contributed by atoms with Gasteiger partial charge in [0.2, 0.25) is 0 Å². The van der Waals surface area contributed by atoms with E-state index in [1.165, 1.54) is 7.11 Å². The summed E-state index contributed by atoms with van der Waals surface area (Å²) in [4.78, 5) is 10.2. The van der Waals surface area contributed by atoms with Crippen molar-refractivity contribution in [2.24, 2.45) is 5.73 Å². The summed E-state index contributed by atoms with van der Waals surface area (Å²) in [5.41, 5.74) is 4.90. The molecule has 3 N–H and O–H groups in total. The molecule has 8 heavy (non-hydrogen) atoms. The summed E-state index contributed by atoms with van der Waals surface area (Å²) in [7, 11) is 1.20. The number of aliphatic hydroxyl groups excluding tert-OH is 1. The topological polar surface area (TPSA) is 72.5 Å². The Morgan fingerprint density at radius 3 is 2.62 bits per heavy atom. The minimum atomic E-state index is -1.17. The Kier molecular flexibility index (Phi) is 3.14. The van der Waals surface area contributed by atoms with Gasteiger partial charge in [-0.15, -0.1) is 0 Å². The van der Waals surface area contributed by atoms with E-state index in [-0.39, 0.29) is 6.54 Å². The molecule has 0 saturated heterocycles. The van der Waals surface area contributed by atoms with Crippen molar-refractivity contribution < 1.29 is 14.6 Å². The lowest BCUT2D eigenvalue weighted by Crippen LogP contribution is -2.29. The lowest BCUT2D eigenvalue weighted by atomic mass is 10.4. The monoisotopic (exact) mass is 119 g/mol. The van der Waals surface area contributed by atoms with Crippen LogP contribution in [0.25, 0.3) is 0 Å². The highest BCUT2D eigenvalue weighted by molar-refractivity contribution is 5.74. The molecule has 0 aromatic carbocycles. The fourth-order valence-corrected chi connectivity index (χ4v) is 0.232.